The van der Waals surface area contributed by atoms with Gasteiger partial charge in [-0.05, 0) is 49.8 Å². The van der Waals surface area contributed by atoms with Gasteiger partial charge in [0, 0.05) is 38.0 Å². The summed E-state index contributed by atoms with van der Waals surface area (Å²) in [5.74, 6) is 1.37. The molecule has 3 heterocycles. The van der Waals surface area contributed by atoms with Crippen LogP contribution in [0.4, 0.5) is 5.82 Å². The molecule has 2 amide bonds. The van der Waals surface area contributed by atoms with E-state index in [9.17, 15) is 9.59 Å². The summed E-state index contributed by atoms with van der Waals surface area (Å²) in [5.41, 5.74) is 0.894. The molecule has 2 saturated heterocycles. The van der Waals surface area contributed by atoms with Crippen molar-refractivity contribution in [1.82, 2.24) is 20.5 Å². The summed E-state index contributed by atoms with van der Waals surface area (Å²) < 4.78 is 6.27. The van der Waals surface area contributed by atoms with Crippen LogP contribution in [-0.2, 0) is 14.3 Å². The summed E-state index contributed by atoms with van der Waals surface area (Å²) in [6, 6.07) is 12.1. The van der Waals surface area contributed by atoms with E-state index in [2.05, 4.69) is 20.5 Å². The molecule has 2 aliphatic heterocycles. The quantitative estimate of drug-likeness (QED) is 0.628. The molecule has 5 rings (SSSR count). The van der Waals surface area contributed by atoms with E-state index in [1.165, 1.54) is 6.42 Å². The molecule has 1 aromatic heterocycles. The average Bonchev–Trinajstić information content (AvgIpc) is 3.20. The number of carbonyl (C=O) groups excluding carboxylic acids is 2. The van der Waals surface area contributed by atoms with E-state index in [4.69, 9.17) is 4.74 Å². The zero-order valence-electron chi connectivity index (χ0n) is 19.2. The minimum Gasteiger partial charge on any atom is -0.377 e. The van der Waals surface area contributed by atoms with Crippen molar-refractivity contribution in [2.75, 3.05) is 31.6 Å². The lowest BCUT2D eigenvalue weighted by Gasteiger charge is -2.46. The van der Waals surface area contributed by atoms with E-state index in [1.807, 2.05) is 36.4 Å². The highest BCUT2D eigenvalue weighted by Gasteiger charge is 2.44. The third-order valence-corrected chi connectivity index (χ3v) is 7.22. The lowest BCUT2D eigenvalue weighted by atomic mass is 9.80. The molecular weight excluding hydrogens is 418 g/mol. The monoisotopic (exact) mass is 451 g/mol. The predicted molar refractivity (Wildman–Crippen MR) is 127 cm³/mol. The predicted octanol–water partition coefficient (Wildman–Crippen LogP) is 2.24. The molecule has 2 aromatic rings. The van der Waals surface area contributed by atoms with Crippen LogP contribution in [0.5, 0.6) is 0 Å². The van der Waals surface area contributed by atoms with Crippen molar-refractivity contribution in [3.05, 3.63) is 36.4 Å². The Bertz CT molecular complexity index is 1010. The van der Waals surface area contributed by atoms with Gasteiger partial charge in [0.2, 0.25) is 11.8 Å². The number of amides is 2. The number of nitrogens with zero attached hydrogens (tertiary/aromatic N) is 3. The number of pyridine rings is 1. The molecule has 1 saturated carbocycles. The summed E-state index contributed by atoms with van der Waals surface area (Å²) in [4.78, 5) is 32.8. The van der Waals surface area contributed by atoms with E-state index in [1.54, 1.807) is 11.9 Å². The number of ether oxygens (including phenoxy) is 1. The standard InChI is InChI=1S/C25H33N5O3/c1-29(21-13-12-17-7-2-3-9-19(17)26-21)23(32)11-4-5-14-33-20-10-6-8-18-15-30-16-22(31)27-25(30)28-24(18)20/h2-3,7,9,12-13,18,20,24-25,28H,4-6,8,10-11,14-16H2,1H3,(H,27,31). The van der Waals surface area contributed by atoms with Crippen molar-refractivity contribution in [2.24, 2.45) is 5.92 Å². The Morgan fingerprint density at radius 1 is 1.21 bits per heavy atom. The number of anilines is 1. The Morgan fingerprint density at radius 3 is 3.00 bits per heavy atom. The molecule has 3 aliphatic rings. The maximum atomic E-state index is 12.7. The number of nitrogens with one attached hydrogen (secondary N) is 2. The van der Waals surface area contributed by atoms with Gasteiger partial charge in [-0.1, -0.05) is 24.6 Å². The highest BCUT2D eigenvalue weighted by Crippen LogP contribution is 2.32. The fourth-order valence-corrected chi connectivity index (χ4v) is 5.40. The van der Waals surface area contributed by atoms with E-state index in [0.29, 0.717) is 31.3 Å². The van der Waals surface area contributed by atoms with Gasteiger partial charge in [0.25, 0.3) is 0 Å². The largest absolute Gasteiger partial charge is 0.377 e. The van der Waals surface area contributed by atoms with Crippen molar-refractivity contribution in [3.8, 4) is 0 Å². The summed E-state index contributed by atoms with van der Waals surface area (Å²) >= 11 is 0. The fourth-order valence-electron chi connectivity index (χ4n) is 5.40. The van der Waals surface area contributed by atoms with Crippen molar-refractivity contribution in [3.63, 3.8) is 0 Å². The highest BCUT2D eigenvalue weighted by molar-refractivity contribution is 5.93. The zero-order valence-corrected chi connectivity index (χ0v) is 19.2. The third-order valence-electron chi connectivity index (χ3n) is 7.22. The molecule has 4 atom stereocenters. The van der Waals surface area contributed by atoms with Gasteiger partial charge in [-0.15, -0.1) is 0 Å². The first-order valence-corrected chi connectivity index (χ1v) is 12.1. The molecule has 0 spiro atoms. The van der Waals surface area contributed by atoms with E-state index in [0.717, 1.165) is 43.1 Å². The highest BCUT2D eigenvalue weighted by atomic mass is 16.5. The van der Waals surface area contributed by atoms with Crippen LogP contribution in [0.25, 0.3) is 10.9 Å². The molecule has 8 heteroatoms. The molecule has 0 radical (unpaired) electrons. The maximum Gasteiger partial charge on any atom is 0.236 e. The van der Waals surface area contributed by atoms with Gasteiger partial charge in [-0.3, -0.25) is 24.7 Å². The van der Waals surface area contributed by atoms with Crippen LogP contribution >= 0.6 is 0 Å². The van der Waals surface area contributed by atoms with E-state index < -0.39 is 0 Å². The Balaban J connectivity index is 1.06. The smallest absolute Gasteiger partial charge is 0.236 e. The summed E-state index contributed by atoms with van der Waals surface area (Å²) in [5, 5.41) is 7.68. The van der Waals surface area contributed by atoms with Crippen LogP contribution < -0.4 is 15.5 Å². The van der Waals surface area contributed by atoms with Crippen LogP contribution in [0.2, 0.25) is 0 Å². The number of hydrogen-bond acceptors (Lipinski definition) is 6. The minimum atomic E-state index is -0.0557. The number of hydrogen-bond donors (Lipinski definition) is 2. The first-order valence-electron chi connectivity index (χ1n) is 12.1. The number of unbranched alkanes of at least 4 members (excludes halogenated alkanes) is 1. The Hall–Kier alpha value is -2.55. The number of aromatic nitrogens is 1. The lowest BCUT2D eigenvalue weighted by molar-refractivity contribution is -0.119. The maximum absolute atomic E-state index is 12.7. The second kappa shape index (κ2) is 9.75. The molecule has 2 N–H and O–H groups in total. The van der Waals surface area contributed by atoms with Crippen LogP contribution in [0.1, 0.15) is 38.5 Å². The normalized spacial score (nSPS) is 27.1. The minimum absolute atomic E-state index is 0.0557. The van der Waals surface area contributed by atoms with Gasteiger partial charge in [0.1, 0.15) is 12.1 Å². The Labute approximate surface area is 194 Å². The number of benzene rings is 1. The second-order valence-corrected chi connectivity index (χ2v) is 9.46. The topological polar surface area (TPSA) is 86.8 Å². The number of rotatable bonds is 7. The molecule has 33 heavy (non-hydrogen) atoms. The first kappa shape index (κ1) is 22.3. The molecule has 1 aromatic carbocycles. The molecule has 1 aliphatic carbocycles. The molecule has 0 bridgehead atoms. The summed E-state index contributed by atoms with van der Waals surface area (Å²) in [6.45, 7) is 2.09. The van der Waals surface area contributed by atoms with E-state index in [-0.39, 0.29) is 30.2 Å². The van der Waals surface area contributed by atoms with Crippen molar-refractivity contribution >= 4 is 28.5 Å². The molecule has 8 nitrogen and oxygen atoms in total. The van der Waals surface area contributed by atoms with Crippen LogP contribution in [-0.4, -0.2) is 66.9 Å². The Morgan fingerprint density at radius 2 is 2.09 bits per heavy atom. The van der Waals surface area contributed by atoms with Gasteiger partial charge < -0.3 is 10.1 Å². The van der Waals surface area contributed by atoms with Crippen molar-refractivity contribution < 1.29 is 14.3 Å². The third kappa shape index (κ3) is 4.88. The van der Waals surface area contributed by atoms with Crippen molar-refractivity contribution in [2.45, 2.75) is 57.0 Å². The van der Waals surface area contributed by atoms with Crippen LogP contribution in [0.15, 0.2) is 36.4 Å². The molecule has 4 unspecified atom stereocenters. The molecule has 3 fully saturated rings. The zero-order chi connectivity index (χ0) is 22.8. The summed E-state index contributed by atoms with van der Waals surface area (Å²) in [6.07, 6.45) is 5.62. The van der Waals surface area contributed by atoms with Gasteiger partial charge in [0.05, 0.1) is 18.2 Å². The second-order valence-electron chi connectivity index (χ2n) is 9.46. The van der Waals surface area contributed by atoms with Gasteiger partial charge >= 0.3 is 0 Å². The number of carbonyl (C=O) groups is 2. The number of para-hydroxylation sites is 1. The average molecular weight is 452 g/mol. The fraction of sp³-hybridized carbons (Fsp3) is 0.560. The van der Waals surface area contributed by atoms with Gasteiger partial charge in [-0.25, -0.2) is 4.98 Å². The van der Waals surface area contributed by atoms with Gasteiger partial charge in [0.15, 0.2) is 0 Å². The SMILES string of the molecule is CN(C(=O)CCCCOC1CCCC2CN3CC(=O)NC3NC21)c1ccc2ccccc2n1. The Kier molecular flexibility index (Phi) is 6.57. The summed E-state index contributed by atoms with van der Waals surface area (Å²) in [7, 11) is 1.79. The van der Waals surface area contributed by atoms with E-state index >= 15 is 0 Å². The first-order chi connectivity index (χ1) is 16.1. The van der Waals surface area contributed by atoms with Crippen molar-refractivity contribution in [1.29, 1.82) is 0 Å². The molecular formula is C25H33N5O3. The molecule has 176 valence electrons. The number of fused-ring (bicyclic) bond motifs is 3. The van der Waals surface area contributed by atoms with Gasteiger partial charge in [-0.2, -0.15) is 0 Å². The van der Waals surface area contributed by atoms with Crippen LogP contribution in [0.3, 0.4) is 0 Å². The lowest BCUT2D eigenvalue weighted by Crippen LogP contribution is -2.65. The van der Waals surface area contributed by atoms with Crippen LogP contribution in [0, 0.1) is 5.92 Å².